The second kappa shape index (κ2) is 14.7. The SMILES string of the molecule is COOc1ccccc1/N=N/C(C(C)=O)C(=O)Nc1ccc(NC(=O)C(/N=N/c2ccccc2C(=O)O)C(C)=O)cc1. The highest BCUT2D eigenvalue weighted by Crippen LogP contribution is 2.27. The number of carboxylic acid groups (broad SMARTS) is 1. The van der Waals surface area contributed by atoms with Crippen LogP contribution < -0.4 is 15.5 Å². The third kappa shape index (κ3) is 8.43. The second-order valence-electron chi connectivity index (χ2n) is 8.55. The summed E-state index contributed by atoms with van der Waals surface area (Å²) in [5, 5.41) is 29.7. The molecule has 2 amide bonds. The van der Waals surface area contributed by atoms with Crippen molar-refractivity contribution in [2.75, 3.05) is 17.7 Å². The van der Waals surface area contributed by atoms with Gasteiger partial charge in [0, 0.05) is 11.4 Å². The van der Waals surface area contributed by atoms with E-state index in [2.05, 4.69) is 36.0 Å². The summed E-state index contributed by atoms with van der Waals surface area (Å²) in [6.45, 7) is 2.35. The predicted octanol–water partition coefficient (Wildman–Crippen LogP) is 4.69. The van der Waals surface area contributed by atoms with E-state index in [9.17, 15) is 29.1 Å². The van der Waals surface area contributed by atoms with Crippen molar-refractivity contribution in [3.05, 3.63) is 78.4 Å². The molecule has 3 rings (SSSR count). The van der Waals surface area contributed by atoms with Gasteiger partial charge in [-0.15, -0.1) is 0 Å². The van der Waals surface area contributed by atoms with E-state index in [-0.39, 0.29) is 34.1 Å². The van der Waals surface area contributed by atoms with E-state index in [0.717, 1.165) is 6.92 Å². The molecule has 0 aliphatic carbocycles. The zero-order valence-corrected chi connectivity index (χ0v) is 22.7. The first-order valence-electron chi connectivity index (χ1n) is 12.3. The number of Topliss-reactive ketones (excluding diaryl/α,β-unsaturated/α-hetero) is 2. The average Bonchev–Trinajstić information content (AvgIpc) is 2.95. The molecule has 2 unspecified atom stereocenters. The van der Waals surface area contributed by atoms with Gasteiger partial charge in [0.2, 0.25) is 12.1 Å². The van der Waals surface area contributed by atoms with Crippen molar-refractivity contribution in [2.45, 2.75) is 25.9 Å². The number of anilines is 2. The van der Waals surface area contributed by atoms with E-state index in [1.807, 2.05) is 0 Å². The minimum absolute atomic E-state index is 0.0138. The number of rotatable bonds is 13. The zero-order chi connectivity index (χ0) is 30.6. The largest absolute Gasteiger partial charge is 0.478 e. The number of carbonyl (C=O) groups is 5. The fraction of sp³-hybridized carbons (Fsp3) is 0.179. The van der Waals surface area contributed by atoms with Crippen molar-refractivity contribution >= 4 is 52.1 Å². The number of carbonyl (C=O) groups excluding carboxylic acids is 4. The molecule has 14 nitrogen and oxygen atoms in total. The highest BCUT2D eigenvalue weighted by Gasteiger charge is 2.25. The zero-order valence-electron chi connectivity index (χ0n) is 22.7. The van der Waals surface area contributed by atoms with E-state index < -0.39 is 41.4 Å². The first kappa shape index (κ1) is 30.9. The van der Waals surface area contributed by atoms with Gasteiger partial charge in [-0.05, 0) is 62.4 Å². The molecule has 3 N–H and O–H groups in total. The van der Waals surface area contributed by atoms with Gasteiger partial charge >= 0.3 is 5.97 Å². The fourth-order valence-corrected chi connectivity index (χ4v) is 3.38. The Morgan fingerprint density at radius 1 is 0.690 bits per heavy atom. The van der Waals surface area contributed by atoms with E-state index >= 15 is 0 Å². The lowest BCUT2D eigenvalue weighted by atomic mass is 10.2. The Bertz CT molecular complexity index is 1540. The molecule has 0 aromatic heterocycles. The number of aromatic carboxylic acids is 1. The maximum absolute atomic E-state index is 12.8. The second-order valence-corrected chi connectivity index (χ2v) is 8.55. The number of azo groups is 2. The van der Waals surface area contributed by atoms with E-state index in [1.54, 1.807) is 30.3 Å². The highest BCUT2D eigenvalue weighted by atomic mass is 17.2. The van der Waals surface area contributed by atoms with Crippen molar-refractivity contribution in [1.29, 1.82) is 0 Å². The number of hydrogen-bond donors (Lipinski definition) is 3. The fourth-order valence-electron chi connectivity index (χ4n) is 3.38. The van der Waals surface area contributed by atoms with Gasteiger partial charge in [0.15, 0.2) is 17.3 Å². The number of nitrogens with zero attached hydrogens (tertiary/aromatic N) is 4. The molecule has 42 heavy (non-hydrogen) atoms. The van der Waals surface area contributed by atoms with Gasteiger partial charge in [-0.2, -0.15) is 25.3 Å². The Hall–Kier alpha value is -5.63. The Morgan fingerprint density at radius 3 is 1.62 bits per heavy atom. The van der Waals surface area contributed by atoms with Crippen LogP contribution in [-0.4, -0.2) is 53.7 Å². The van der Waals surface area contributed by atoms with Crippen molar-refractivity contribution in [1.82, 2.24) is 0 Å². The third-order valence-electron chi connectivity index (χ3n) is 5.42. The summed E-state index contributed by atoms with van der Waals surface area (Å²) < 4.78 is 0. The molecule has 14 heteroatoms. The van der Waals surface area contributed by atoms with Crippen LogP contribution in [0.15, 0.2) is 93.3 Å². The van der Waals surface area contributed by atoms with Crippen LogP contribution in [0, 0.1) is 0 Å². The molecule has 0 aliphatic rings. The minimum Gasteiger partial charge on any atom is -0.478 e. The van der Waals surface area contributed by atoms with Crippen molar-refractivity contribution in [3.63, 3.8) is 0 Å². The quantitative estimate of drug-likeness (QED) is 0.113. The van der Waals surface area contributed by atoms with Gasteiger partial charge in [-0.1, -0.05) is 24.3 Å². The van der Waals surface area contributed by atoms with Gasteiger partial charge < -0.3 is 20.6 Å². The summed E-state index contributed by atoms with van der Waals surface area (Å²) in [5.41, 5.74) is 0.645. The standard InChI is InChI=1S/C28H26N6O8/c1-16(35)24(33-31-21-9-5-4-8-20(21)28(39)40)26(37)29-18-12-14-19(15-13-18)30-27(38)25(17(2)36)34-32-22-10-6-7-11-23(22)42-41-3/h4-15,24-25H,1-3H3,(H,29,37)(H,30,38)(H,39,40)/b33-31+,34-32+. The van der Waals surface area contributed by atoms with Crippen LogP contribution in [0.25, 0.3) is 0 Å². The molecule has 216 valence electrons. The van der Waals surface area contributed by atoms with Crippen LogP contribution in [0.2, 0.25) is 0 Å². The number of para-hydroxylation sites is 1. The lowest BCUT2D eigenvalue weighted by molar-refractivity contribution is -0.177. The summed E-state index contributed by atoms with van der Waals surface area (Å²) in [6.07, 6.45) is 0. The molecule has 2 atom stereocenters. The van der Waals surface area contributed by atoms with E-state index in [4.69, 9.17) is 4.89 Å². The molecule has 0 aliphatic heterocycles. The molecule has 0 spiro atoms. The average molecular weight is 575 g/mol. The van der Waals surface area contributed by atoms with Gasteiger partial charge in [-0.3, -0.25) is 19.2 Å². The number of nitrogens with one attached hydrogen (secondary N) is 2. The van der Waals surface area contributed by atoms with Gasteiger partial charge in [0.05, 0.1) is 18.4 Å². The monoisotopic (exact) mass is 574 g/mol. The van der Waals surface area contributed by atoms with Crippen LogP contribution in [0.3, 0.4) is 0 Å². The molecular weight excluding hydrogens is 548 g/mol. The third-order valence-corrected chi connectivity index (χ3v) is 5.42. The summed E-state index contributed by atoms with van der Waals surface area (Å²) >= 11 is 0. The maximum atomic E-state index is 12.8. The Labute approximate surface area is 239 Å². The molecule has 0 saturated carbocycles. The topological polar surface area (TPSA) is 198 Å². The molecule has 0 fully saturated rings. The van der Waals surface area contributed by atoms with Crippen molar-refractivity contribution in [2.24, 2.45) is 20.5 Å². The smallest absolute Gasteiger partial charge is 0.337 e. The van der Waals surface area contributed by atoms with Gasteiger partial charge in [0.1, 0.15) is 5.69 Å². The lowest BCUT2D eigenvalue weighted by Crippen LogP contribution is -2.32. The van der Waals surface area contributed by atoms with E-state index in [1.165, 1.54) is 56.5 Å². The van der Waals surface area contributed by atoms with Gasteiger partial charge in [-0.25, -0.2) is 4.79 Å². The summed E-state index contributed by atoms with van der Waals surface area (Å²) in [7, 11) is 1.31. The van der Waals surface area contributed by atoms with Crippen LogP contribution in [0.4, 0.5) is 22.7 Å². The number of amides is 2. The normalized spacial score (nSPS) is 12.5. The van der Waals surface area contributed by atoms with Crippen LogP contribution in [0.1, 0.15) is 24.2 Å². The summed E-state index contributed by atoms with van der Waals surface area (Å²) in [5.74, 6) is -3.71. The maximum Gasteiger partial charge on any atom is 0.337 e. The molecule has 0 heterocycles. The van der Waals surface area contributed by atoms with Crippen molar-refractivity contribution in [3.8, 4) is 5.75 Å². The minimum atomic E-state index is -1.53. The number of benzene rings is 3. The van der Waals surface area contributed by atoms with Crippen LogP contribution >= 0.6 is 0 Å². The van der Waals surface area contributed by atoms with Crippen molar-refractivity contribution < 1.29 is 38.9 Å². The van der Waals surface area contributed by atoms with E-state index in [0.29, 0.717) is 0 Å². The number of carboxylic acids is 1. The predicted molar refractivity (Wildman–Crippen MR) is 149 cm³/mol. The summed E-state index contributed by atoms with van der Waals surface area (Å²) in [6, 6.07) is 15.1. The first-order chi connectivity index (χ1) is 20.1. The first-order valence-corrected chi connectivity index (χ1v) is 12.3. The highest BCUT2D eigenvalue weighted by molar-refractivity contribution is 6.11. The van der Waals surface area contributed by atoms with Crippen LogP contribution in [-0.2, 0) is 24.1 Å². The molecule has 3 aromatic carbocycles. The number of ketones is 2. The lowest BCUT2D eigenvalue weighted by Gasteiger charge is -2.12. The van der Waals surface area contributed by atoms with Gasteiger partial charge in [0.25, 0.3) is 11.8 Å². The summed E-state index contributed by atoms with van der Waals surface area (Å²) in [4.78, 5) is 70.6. The molecule has 0 bridgehead atoms. The molecule has 3 aromatic rings. The number of hydrogen-bond acceptors (Lipinski definition) is 11. The molecule has 0 radical (unpaired) electrons. The molecule has 0 saturated heterocycles. The molecular formula is C28H26N6O8. The Morgan fingerprint density at radius 2 is 1.14 bits per heavy atom. The van der Waals surface area contributed by atoms with Crippen LogP contribution in [0.5, 0.6) is 5.75 Å². The Balaban J connectivity index is 1.67. The Kier molecular flexibility index (Phi) is 10.8.